The van der Waals surface area contributed by atoms with Gasteiger partial charge in [-0.3, -0.25) is 15.0 Å². The SMILES string of the molecule is O=C1CCN([C@@H]2O[C@](F)(CO)[C@@H](O)[C@H]2F)C(=O)N1. The monoisotopic (exact) mass is 266 g/mol. The van der Waals surface area contributed by atoms with E-state index in [-0.39, 0.29) is 13.0 Å². The maximum atomic E-state index is 13.7. The third kappa shape index (κ3) is 1.93. The number of imide groups is 1. The lowest BCUT2D eigenvalue weighted by atomic mass is 10.1. The van der Waals surface area contributed by atoms with Crippen LogP contribution in [0.5, 0.6) is 0 Å². The van der Waals surface area contributed by atoms with Gasteiger partial charge in [-0.05, 0) is 0 Å². The number of amides is 3. The predicted molar refractivity (Wildman–Crippen MR) is 51.6 cm³/mol. The summed E-state index contributed by atoms with van der Waals surface area (Å²) in [7, 11) is 0. The summed E-state index contributed by atoms with van der Waals surface area (Å²) >= 11 is 0. The Labute approximate surface area is 100 Å². The molecular formula is C9H12F2N2O5. The number of ether oxygens (including phenoxy) is 1. The molecule has 0 unspecified atom stereocenters. The van der Waals surface area contributed by atoms with Crippen molar-refractivity contribution >= 4 is 11.9 Å². The van der Waals surface area contributed by atoms with Gasteiger partial charge in [0.05, 0.1) is 0 Å². The van der Waals surface area contributed by atoms with Crippen LogP contribution in [0.2, 0.25) is 0 Å². The van der Waals surface area contributed by atoms with E-state index in [2.05, 4.69) is 4.74 Å². The zero-order valence-electron chi connectivity index (χ0n) is 9.18. The number of rotatable bonds is 2. The van der Waals surface area contributed by atoms with Crippen molar-refractivity contribution in [3.63, 3.8) is 0 Å². The van der Waals surface area contributed by atoms with Crippen molar-refractivity contribution in [1.29, 1.82) is 0 Å². The highest BCUT2D eigenvalue weighted by Crippen LogP contribution is 2.36. The quantitative estimate of drug-likeness (QED) is 0.573. The first-order valence-electron chi connectivity index (χ1n) is 5.29. The van der Waals surface area contributed by atoms with Gasteiger partial charge in [-0.25, -0.2) is 13.6 Å². The molecule has 18 heavy (non-hydrogen) atoms. The molecule has 0 bridgehead atoms. The Kier molecular flexibility index (Phi) is 3.21. The first-order chi connectivity index (χ1) is 8.39. The summed E-state index contributed by atoms with van der Waals surface area (Å²) in [6, 6.07) is -0.923. The van der Waals surface area contributed by atoms with Gasteiger partial charge in [-0.1, -0.05) is 0 Å². The molecule has 0 spiro atoms. The number of alkyl halides is 2. The molecule has 3 amide bonds. The summed E-state index contributed by atoms with van der Waals surface area (Å²) in [5, 5.41) is 20.0. The summed E-state index contributed by atoms with van der Waals surface area (Å²) in [6.07, 6.45) is -6.16. The molecule has 2 aliphatic rings. The minimum atomic E-state index is -2.95. The number of hydrogen-bond acceptors (Lipinski definition) is 5. The number of aliphatic hydroxyl groups excluding tert-OH is 2. The summed E-state index contributed by atoms with van der Waals surface area (Å²) in [4.78, 5) is 23.1. The Balaban J connectivity index is 2.15. The fraction of sp³-hybridized carbons (Fsp3) is 0.778. The molecule has 0 saturated carbocycles. The Morgan fingerprint density at radius 3 is 2.72 bits per heavy atom. The van der Waals surface area contributed by atoms with Crippen LogP contribution >= 0.6 is 0 Å². The second-order valence-electron chi connectivity index (χ2n) is 4.14. The minimum Gasteiger partial charge on any atom is -0.390 e. The number of aliphatic hydroxyl groups is 2. The third-order valence-corrected chi connectivity index (χ3v) is 2.94. The van der Waals surface area contributed by atoms with Crippen LogP contribution in [0.3, 0.4) is 0 Å². The molecule has 2 aliphatic heterocycles. The van der Waals surface area contributed by atoms with E-state index in [9.17, 15) is 23.5 Å². The van der Waals surface area contributed by atoms with Crippen molar-refractivity contribution in [2.45, 2.75) is 30.8 Å². The van der Waals surface area contributed by atoms with Crippen LogP contribution in [-0.4, -0.2) is 64.6 Å². The van der Waals surface area contributed by atoms with Crippen molar-refractivity contribution in [1.82, 2.24) is 10.2 Å². The second-order valence-corrected chi connectivity index (χ2v) is 4.14. The van der Waals surface area contributed by atoms with Crippen LogP contribution in [0.15, 0.2) is 0 Å². The Hall–Kier alpha value is -1.32. The molecule has 102 valence electrons. The van der Waals surface area contributed by atoms with Gasteiger partial charge in [0.1, 0.15) is 6.61 Å². The molecule has 2 rings (SSSR count). The molecule has 0 aliphatic carbocycles. The number of carbonyl (C=O) groups is 2. The number of urea groups is 1. The molecule has 3 N–H and O–H groups in total. The van der Waals surface area contributed by atoms with E-state index in [1.807, 2.05) is 5.32 Å². The molecular weight excluding hydrogens is 254 g/mol. The van der Waals surface area contributed by atoms with E-state index in [0.29, 0.717) is 0 Å². The van der Waals surface area contributed by atoms with Gasteiger partial charge in [-0.15, -0.1) is 0 Å². The van der Waals surface area contributed by atoms with Crippen LogP contribution in [0.25, 0.3) is 0 Å². The van der Waals surface area contributed by atoms with E-state index in [1.165, 1.54) is 0 Å². The van der Waals surface area contributed by atoms with Gasteiger partial charge in [-0.2, -0.15) is 0 Å². The normalized spacial score (nSPS) is 41.1. The van der Waals surface area contributed by atoms with Gasteiger partial charge in [0.2, 0.25) is 5.91 Å². The average Bonchev–Trinajstić information content (AvgIpc) is 2.55. The predicted octanol–water partition coefficient (Wildman–Crippen LogP) is -1.36. The smallest absolute Gasteiger partial charge is 0.326 e. The van der Waals surface area contributed by atoms with Crippen LogP contribution in [0.1, 0.15) is 6.42 Å². The van der Waals surface area contributed by atoms with Crippen molar-refractivity contribution in [3.05, 3.63) is 0 Å². The number of hydrogen-bond donors (Lipinski definition) is 3. The van der Waals surface area contributed by atoms with E-state index < -0.39 is 42.9 Å². The number of carbonyl (C=O) groups excluding carboxylic acids is 2. The van der Waals surface area contributed by atoms with Crippen LogP contribution in [-0.2, 0) is 9.53 Å². The molecule has 9 heteroatoms. The van der Waals surface area contributed by atoms with E-state index in [4.69, 9.17) is 5.11 Å². The topological polar surface area (TPSA) is 99.1 Å². The van der Waals surface area contributed by atoms with Gasteiger partial charge in [0.15, 0.2) is 18.5 Å². The average molecular weight is 266 g/mol. The molecule has 0 radical (unpaired) electrons. The zero-order chi connectivity index (χ0) is 13.5. The molecule has 4 atom stereocenters. The summed E-state index contributed by atoms with van der Waals surface area (Å²) in [6.45, 7) is -1.39. The molecule has 7 nitrogen and oxygen atoms in total. The molecule has 0 aromatic heterocycles. The maximum absolute atomic E-state index is 13.7. The van der Waals surface area contributed by atoms with Crippen molar-refractivity contribution in [2.75, 3.05) is 13.2 Å². The largest absolute Gasteiger partial charge is 0.390 e. The standard InChI is InChI=1S/C9H12F2N2O5/c10-5-6(16)9(11,3-14)18-7(5)13-2-1-4(15)12-8(13)17/h5-7,14,16H,1-3H2,(H,12,15,17)/t5-,6+,7-,9-/m1/s1. The van der Waals surface area contributed by atoms with Gasteiger partial charge >= 0.3 is 6.03 Å². The lowest BCUT2D eigenvalue weighted by Gasteiger charge is -2.32. The molecule has 2 fully saturated rings. The number of nitrogens with zero attached hydrogens (tertiary/aromatic N) is 1. The van der Waals surface area contributed by atoms with E-state index in [0.717, 1.165) is 4.90 Å². The molecule has 0 aromatic rings. The highest BCUT2D eigenvalue weighted by molar-refractivity contribution is 5.96. The number of halogens is 2. The molecule has 0 aromatic carbocycles. The lowest BCUT2D eigenvalue weighted by molar-refractivity contribution is -0.211. The highest BCUT2D eigenvalue weighted by atomic mass is 19.2. The van der Waals surface area contributed by atoms with Gasteiger partial charge in [0.25, 0.3) is 5.85 Å². The molecule has 2 heterocycles. The number of nitrogens with one attached hydrogen (secondary N) is 1. The summed E-state index contributed by atoms with van der Waals surface area (Å²) in [5.74, 6) is -3.48. The minimum absolute atomic E-state index is 0.0766. The summed E-state index contributed by atoms with van der Waals surface area (Å²) in [5.41, 5.74) is 0. The second kappa shape index (κ2) is 4.41. The Morgan fingerprint density at radius 1 is 1.56 bits per heavy atom. The van der Waals surface area contributed by atoms with E-state index in [1.54, 1.807) is 0 Å². The van der Waals surface area contributed by atoms with Crippen molar-refractivity contribution in [2.24, 2.45) is 0 Å². The summed E-state index contributed by atoms with van der Waals surface area (Å²) < 4.78 is 32.0. The van der Waals surface area contributed by atoms with Crippen molar-refractivity contribution in [3.8, 4) is 0 Å². The van der Waals surface area contributed by atoms with Crippen LogP contribution in [0.4, 0.5) is 13.6 Å². The maximum Gasteiger partial charge on any atom is 0.326 e. The van der Waals surface area contributed by atoms with Crippen molar-refractivity contribution < 1.29 is 33.3 Å². The Bertz CT molecular complexity index is 382. The zero-order valence-corrected chi connectivity index (χ0v) is 9.18. The first kappa shape index (κ1) is 13.1. The lowest BCUT2D eigenvalue weighted by Crippen LogP contribution is -2.56. The Morgan fingerprint density at radius 2 is 2.22 bits per heavy atom. The fourth-order valence-corrected chi connectivity index (χ4v) is 1.92. The third-order valence-electron chi connectivity index (χ3n) is 2.94. The first-order valence-corrected chi connectivity index (χ1v) is 5.29. The van der Waals surface area contributed by atoms with Crippen LogP contribution in [0, 0.1) is 0 Å². The van der Waals surface area contributed by atoms with E-state index >= 15 is 0 Å². The molecule has 2 saturated heterocycles. The van der Waals surface area contributed by atoms with Gasteiger partial charge < -0.3 is 14.9 Å². The van der Waals surface area contributed by atoms with Gasteiger partial charge in [0, 0.05) is 13.0 Å². The fourth-order valence-electron chi connectivity index (χ4n) is 1.92. The highest BCUT2D eigenvalue weighted by Gasteiger charge is 2.58. The van der Waals surface area contributed by atoms with Crippen LogP contribution < -0.4 is 5.32 Å².